The molecular weight excluding hydrogens is 356 g/mol. The van der Waals surface area contributed by atoms with Crippen LogP contribution in [-0.4, -0.2) is 23.5 Å². The average molecular weight is 378 g/mol. The van der Waals surface area contributed by atoms with Crippen molar-refractivity contribution in [2.45, 2.75) is 32.2 Å². The topological polar surface area (TPSA) is 81.1 Å². The molecule has 0 saturated carbocycles. The van der Waals surface area contributed by atoms with E-state index in [2.05, 4.69) is 10.3 Å². The first-order valence-electron chi connectivity index (χ1n) is 7.28. The number of nitrogens with one attached hydrogen (secondary N) is 1. The van der Waals surface area contributed by atoms with Crippen LogP contribution in [0.1, 0.15) is 25.7 Å². The zero-order valence-electron chi connectivity index (χ0n) is 13.3. The summed E-state index contributed by atoms with van der Waals surface area (Å²) in [6, 6.07) is 6.40. The summed E-state index contributed by atoms with van der Waals surface area (Å²) >= 11 is 0. The molecule has 5 nitrogen and oxygen atoms in total. The van der Waals surface area contributed by atoms with Crippen molar-refractivity contribution in [3.05, 3.63) is 42.2 Å². The molecule has 3 N–H and O–H groups in total. The smallest absolute Gasteiger partial charge is 0.220 e. The zero-order chi connectivity index (χ0) is 15.9. The van der Waals surface area contributed by atoms with Gasteiger partial charge >= 0.3 is 0 Å². The van der Waals surface area contributed by atoms with Crippen molar-refractivity contribution in [1.82, 2.24) is 10.3 Å². The molecule has 1 heterocycles. The molecule has 8 heteroatoms. The zero-order valence-corrected chi connectivity index (χ0v) is 15.0. The first-order valence-corrected chi connectivity index (χ1v) is 7.28. The highest BCUT2D eigenvalue weighted by Crippen LogP contribution is 2.23. The monoisotopic (exact) mass is 377 g/mol. The Hall–Kier alpha value is -1.63. The number of amides is 1. The number of nitrogens with two attached hydrogens (primary N) is 1. The van der Waals surface area contributed by atoms with Crippen molar-refractivity contribution in [3.8, 4) is 11.3 Å². The second-order valence-electron chi connectivity index (χ2n) is 5.21. The van der Waals surface area contributed by atoms with Gasteiger partial charge in [0.2, 0.25) is 5.91 Å². The van der Waals surface area contributed by atoms with Crippen molar-refractivity contribution >= 4 is 30.7 Å². The largest absolute Gasteiger partial charge is 0.441 e. The van der Waals surface area contributed by atoms with Crippen molar-refractivity contribution in [1.29, 1.82) is 0 Å². The molecule has 0 spiro atoms. The summed E-state index contributed by atoms with van der Waals surface area (Å²) in [5, 5.41) is 2.78. The molecule has 0 fully saturated rings. The van der Waals surface area contributed by atoms with Crippen LogP contribution in [0.3, 0.4) is 0 Å². The second kappa shape index (κ2) is 11.0. The third-order valence-electron chi connectivity index (χ3n) is 3.18. The molecule has 2 rings (SSSR count). The maximum Gasteiger partial charge on any atom is 0.220 e. The number of halogens is 3. The van der Waals surface area contributed by atoms with E-state index in [1.807, 2.05) is 6.92 Å². The molecule has 0 saturated heterocycles. The van der Waals surface area contributed by atoms with Gasteiger partial charge in [0.1, 0.15) is 5.82 Å². The van der Waals surface area contributed by atoms with E-state index in [4.69, 9.17) is 10.2 Å². The summed E-state index contributed by atoms with van der Waals surface area (Å²) in [6.07, 6.45) is 2.86. The molecule has 0 bridgehead atoms. The minimum absolute atomic E-state index is 0. The molecule has 24 heavy (non-hydrogen) atoms. The van der Waals surface area contributed by atoms with Crippen LogP contribution in [0.2, 0.25) is 0 Å². The highest BCUT2D eigenvalue weighted by Gasteiger charge is 2.11. The number of hydrogen-bond acceptors (Lipinski definition) is 4. The van der Waals surface area contributed by atoms with Crippen LogP contribution in [0, 0.1) is 5.82 Å². The number of carbonyl (C=O) groups is 1. The van der Waals surface area contributed by atoms with E-state index in [-0.39, 0.29) is 49.0 Å². The van der Waals surface area contributed by atoms with Gasteiger partial charge in [0.15, 0.2) is 11.7 Å². The fraction of sp³-hybridized carbons (Fsp3) is 0.375. The molecule has 1 atom stereocenters. The Morgan fingerprint density at radius 1 is 1.38 bits per heavy atom. The Balaban J connectivity index is 0.00000264. The van der Waals surface area contributed by atoms with Crippen LogP contribution in [0.15, 0.2) is 34.9 Å². The number of carbonyl (C=O) groups excluding carboxylic acids is 1. The molecule has 1 aromatic heterocycles. The lowest BCUT2D eigenvalue weighted by atomic mass is 10.2. The number of rotatable bonds is 7. The minimum atomic E-state index is -0.362. The Morgan fingerprint density at radius 3 is 2.75 bits per heavy atom. The molecule has 0 radical (unpaired) electrons. The Bertz CT molecular complexity index is 635. The predicted octanol–water partition coefficient (Wildman–Crippen LogP) is 3.11. The second-order valence-corrected chi connectivity index (χ2v) is 5.21. The van der Waals surface area contributed by atoms with E-state index in [0.29, 0.717) is 30.2 Å². The van der Waals surface area contributed by atoms with E-state index in [1.165, 1.54) is 12.3 Å². The number of nitrogens with zero attached hydrogens (tertiary/aromatic N) is 1. The summed E-state index contributed by atoms with van der Waals surface area (Å²) < 4.78 is 19.1. The predicted molar refractivity (Wildman–Crippen MR) is 96.0 cm³/mol. The van der Waals surface area contributed by atoms with E-state index in [9.17, 15) is 9.18 Å². The van der Waals surface area contributed by atoms with Crippen molar-refractivity contribution in [2.24, 2.45) is 5.73 Å². The number of hydrogen-bond donors (Lipinski definition) is 2. The van der Waals surface area contributed by atoms with Gasteiger partial charge < -0.3 is 15.5 Å². The van der Waals surface area contributed by atoms with Gasteiger partial charge in [-0.3, -0.25) is 4.79 Å². The lowest BCUT2D eigenvalue weighted by molar-refractivity contribution is -0.121. The van der Waals surface area contributed by atoms with Gasteiger partial charge in [-0.2, -0.15) is 0 Å². The molecule has 0 aliphatic rings. The van der Waals surface area contributed by atoms with Gasteiger partial charge in [-0.25, -0.2) is 9.37 Å². The van der Waals surface area contributed by atoms with Crippen molar-refractivity contribution in [3.63, 3.8) is 0 Å². The minimum Gasteiger partial charge on any atom is -0.441 e. The molecule has 0 aliphatic carbocycles. The van der Waals surface area contributed by atoms with Crippen LogP contribution >= 0.6 is 24.8 Å². The van der Waals surface area contributed by atoms with Gasteiger partial charge in [-0.1, -0.05) is 12.1 Å². The van der Waals surface area contributed by atoms with Crippen LogP contribution in [0.4, 0.5) is 4.39 Å². The van der Waals surface area contributed by atoms with E-state index in [1.54, 1.807) is 18.2 Å². The third-order valence-corrected chi connectivity index (χ3v) is 3.18. The standard InChI is InChI=1S/C16H20FN3O2.2ClH/c1-11(18)8-9-19-15(21)6-7-16-20-10-14(22-16)12-4-2-3-5-13(12)17;;/h2-5,10-11H,6-9,18H2,1H3,(H,19,21);2*1H. The normalized spacial score (nSPS) is 11.1. The van der Waals surface area contributed by atoms with Gasteiger partial charge in [-0.15, -0.1) is 24.8 Å². The summed E-state index contributed by atoms with van der Waals surface area (Å²) in [5.74, 6) is 0.344. The van der Waals surface area contributed by atoms with E-state index >= 15 is 0 Å². The van der Waals surface area contributed by atoms with Crippen LogP contribution < -0.4 is 11.1 Å². The summed E-state index contributed by atoms with van der Waals surface area (Å²) in [5.41, 5.74) is 5.97. The quantitative estimate of drug-likeness (QED) is 0.776. The lowest BCUT2D eigenvalue weighted by Gasteiger charge is -2.06. The van der Waals surface area contributed by atoms with E-state index in [0.717, 1.165) is 6.42 Å². The first kappa shape index (κ1) is 22.4. The Morgan fingerprint density at radius 2 is 2.08 bits per heavy atom. The van der Waals surface area contributed by atoms with Crippen LogP contribution in [-0.2, 0) is 11.2 Å². The molecule has 1 aromatic carbocycles. The van der Waals surface area contributed by atoms with E-state index < -0.39 is 0 Å². The van der Waals surface area contributed by atoms with Gasteiger partial charge in [0.05, 0.1) is 11.8 Å². The summed E-state index contributed by atoms with van der Waals surface area (Å²) in [7, 11) is 0. The molecule has 1 unspecified atom stereocenters. The Labute approximate surface area is 153 Å². The average Bonchev–Trinajstić information content (AvgIpc) is 2.94. The van der Waals surface area contributed by atoms with Crippen LogP contribution in [0.5, 0.6) is 0 Å². The Kier molecular flexibility index (Phi) is 10.3. The summed E-state index contributed by atoms with van der Waals surface area (Å²) in [6.45, 7) is 2.45. The highest BCUT2D eigenvalue weighted by atomic mass is 35.5. The fourth-order valence-corrected chi connectivity index (χ4v) is 1.96. The maximum absolute atomic E-state index is 13.6. The first-order chi connectivity index (χ1) is 10.6. The SMILES string of the molecule is CC(N)CCNC(=O)CCc1ncc(-c2ccccc2F)o1.Cl.Cl. The van der Waals surface area contributed by atoms with Gasteiger partial charge in [0, 0.05) is 25.4 Å². The highest BCUT2D eigenvalue weighted by molar-refractivity contribution is 5.85. The maximum atomic E-state index is 13.6. The molecule has 0 aliphatic heterocycles. The van der Waals surface area contributed by atoms with Crippen molar-refractivity contribution < 1.29 is 13.6 Å². The molecule has 1 amide bonds. The van der Waals surface area contributed by atoms with Crippen LogP contribution in [0.25, 0.3) is 11.3 Å². The van der Waals surface area contributed by atoms with Crippen molar-refractivity contribution in [2.75, 3.05) is 6.54 Å². The molecular formula is C16H22Cl2FN3O2. The summed E-state index contributed by atoms with van der Waals surface area (Å²) in [4.78, 5) is 15.7. The lowest BCUT2D eigenvalue weighted by Crippen LogP contribution is -2.29. The molecule has 134 valence electrons. The number of aromatic nitrogens is 1. The fourth-order valence-electron chi connectivity index (χ4n) is 1.96. The molecule has 2 aromatic rings. The number of oxazole rings is 1. The number of aryl methyl sites for hydroxylation is 1. The third kappa shape index (κ3) is 6.86. The van der Waals surface area contributed by atoms with Gasteiger partial charge in [0.25, 0.3) is 0 Å². The number of benzene rings is 1. The van der Waals surface area contributed by atoms with Gasteiger partial charge in [-0.05, 0) is 25.5 Å².